The van der Waals surface area contributed by atoms with Gasteiger partial charge in [0.05, 0.1) is 0 Å². The number of hydrogen-bond acceptors (Lipinski definition) is 0. The Hall–Kier alpha value is -1.60. The van der Waals surface area contributed by atoms with E-state index in [0.29, 0.717) is 8.45 Å². The van der Waals surface area contributed by atoms with Gasteiger partial charge in [0.1, 0.15) is 0 Å². The average Bonchev–Trinajstić information content (AvgIpc) is 3.20. The molecule has 0 N–H and O–H groups in total. The van der Waals surface area contributed by atoms with Gasteiger partial charge in [-0.3, -0.25) is 0 Å². The third kappa shape index (κ3) is 3.33. The van der Waals surface area contributed by atoms with Gasteiger partial charge in [0.2, 0.25) is 0 Å². The van der Waals surface area contributed by atoms with E-state index in [9.17, 15) is 0 Å². The molecule has 2 aliphatic rings. The van der Waals surface area contributed by atoms with Crippen LogP contribution < -0.4 is 9.41 Å². The van der Waals surface area contributed by atoms with Crippen LogP contribution in [0.15, 0.2) is 78.1 Å². The molecule has 5 rings (SSSR count). The first-order valence-electron chi connectivity index (χ1n) is 9.16. The smallest absolute Gasteiger partial charge is 1.00 e. The molecule has 4 heteroatoms. The minimum atomic E-state index is -0.246. The standard InChI is InChI=1S/C13H9.C11H12P.2FH.Ti/c1-3-7-12-10(5-1)9-11-6-2-4-8-13(11)12;1-12(2)11-7-9-5-3-4-6-10(9)8-11;;;/h1-9H;3-8H,1-2H3;2*1H;/q;;;;+2/p-2. The van der Waals surface area contributed by atoms with Crippen LogP contribution in [-0.4, -0.2) is 13.3 Å². The number of allylic oxidation sites excluding steroid dienone is 1. The van der Waals surface area contributed by atoms with Gasteiger partial charge < -0.3 is 9.41 Å². The number of rotatable bonds is 3. The number of halogens is 2. The summed E-state index contributed by atoms with van der Waals surface area (Å²) in [4.78, 5) is 0. The van der Waals surface area contributed by atoms with Gasteiger partial charge in [-0.2, -0.15) is 0 Å². The van der Waals surface area contributed by atoms with Gasteiger partial charge in [-0.15, -0.1) is 0 Å². The topological polar surface area (TPSA) is 0 Å². The van der Waals surface area contributed by atoms with E-state index in [-0.39, 0.29) is 36.5 Å². The second kappa shape index (κ2) is 8.41. The Bertz CT molecular complexity index is 983. The monoisotopic (exact) mass is 426 g/mol. The predicted molar refractivity (Wildman–Crippen MR) is 110 cm³/mol. The summed E-state index contributed by atoms with van der Waals surface area (Å²) in [6, 6.07) is 27.3. The van der Waals surface area contributed by atoms with Crippen LogP contribution in [0, 0.1) is 0 Å². The summed E-state index contributed by atoms with van der Waals surface area (Å²) in [5.41, 5.74) is 9.10. The fourth-order valence-corrected chi connectivity index (χ4v) is 9.90. The molecule has 3 aromatic rings. The van der Waals surface area contributed by atoms with E-state index in [2.05, 4.69) is 92.2 Å². The van der Waals surface area contributed by atoms with E-state index < -0.39 is 0 Å². The molecule has 28 heavy (non-hydrogen) atoms. The third-order valence-electron chi connectivity index (χ3n) is 5.59. The molecular formula is C24H21F2PTi. The molecule has 140 valence electrons. The van der Waals surface area contributed by atoms with Crippen molar-refractivity contribution in [1.82, 2.24) is 0 Å². The minimum Gasteiger partial charge on any atom is -1.00 e. The van der Waals surface area contributed by atoms with Crippen molar-refractivity contribution in [2.45, 2.75) is 8.45 Å². The second-order valence-electron chi connectivity index (χ2n) is 7.30. The Morgan fingerprint density at radius 1 is 0.643 bits per heavy atom. The van der Waals surface area contributed by atoms with Crippen molar-refractivity contribution in [3.63, 3.8) is 0 Å². The summed E-state index contributed by atoms with van der Waals surface area (Å²) in [5, 5.41) is 1.71. The quantitative estimate of drug-likeness (QED) is 0.427. The van der Waals surface area contributed by atoms with Crippen LogP contribution in [0.3, 0.4) is 0 Å². The molecule has 1 unspecified atom stereocenters. The maximum Gasteiger partial charge on any atom is -1.00 e. The zero-order chi connectivity index (χ0) is 17.7. The fourth-order valence-electron chi connectivity index (χ4n) is 4.37. The SMILES string of the molecule is CP(C)C1=Cc2ccccc2[CH]1[Ti+2][CH]1c2ccccc2-c2ccccc21.[F-].[F-]. The van der Waals surface area contributed by atoms with Crippen LogP contribution in [0.4, 0.5) is 0 Å². The van der Waals surface area contributed by atoms with Crippen LogP contribution in [-0.2, 0) is 19.2 Å². The predicted octanol–water partition coefficient (Wildman–Crippen LogP) is 0.684. The maximum absolute atomic E-state index is 2.50. The second-order valence-corrected chi connectivity index (χ2v) is 11.9. The summed E-state index contributed by atoms with van der Waals surface area (Å²) in [6.07, 6.45) is 2.50. The molecule has 1 atom stereocenters. The van der Waals surface area contributed by atoms with Crippen molar-refractivity contribution in [3.05, 3.63) is 100 Å². The van der Waals surface area contributed by atoms with Crippen molar-refractivity contribution in [2.24, 2.45) is 0 Å². The van der Waals surface area contributed by atoms with Gasteiger partial charge in [-0.05, 0) is 0 Å². The number of hydrogen-bond donors (Lipinski definition) is 0. The summed E-state index contributed by atoms with van der Waals surface area (Å²) in [6.45, 7) is 4.84. The summed E-state index contributed by atoms with van der Waals surface area (Å²) in [5.74, 6) is 0. The van der Waals surface area contributed by atoms with Gasteiger partial charge >= 0.3 is 166 Å². The fraction of sp³-hybridized carbons (Fsp3) is 0.167. The molecule has 0 amide bonds. The van der Waals surface area contributed by atoms with E-state index >= 15 is 0 Å². The molecule has 0 nitrogen and oxygen atoms in total. The van der Waals surface area contributed by atoms with Crippen molar-refractivity contribution < 1.29 is 28.6 Å². The molecule has 2 aliphatic carbocycles. The van der Waals surface area contributed by atoms with E-state index in [1.807, 2.05) is 0 Å². The maximum atomic E-state index is 2.50. The summed E-state index contributed by atoms with van der Waals surface area (Å²) >= 11 is -0.246. The first-order valence-corrected chi connectivity index (χ1v) is 13.2. The van der Waals surface area contributed by atoms with E-state index in [4.69, 9.17) is 0 Å². The molecular weight excluding hydrogens is 405 g/mol. The van der Waals surface area contributed by atoms with Crippen LogP contribution in [0.5, 0.6) is 0 Å². The van der Waals surface area contributed by atoms with Gasteiger partial charge in [-0.25, -0.2) is 0 Å². The van der Waals surface area contributed by atoms with Crippen LogP contribution in [0.2, 0.25) is 0 Å². The Morgan fingerprint density at radius 3 is 1.71 bits per heavy atom. The zero-order valence-corrected chi connectivity index (χ0v) is 18.3. The molecule has 0 saturated carbocycles. The van der Waals surface area contributed by atoms with Crippen LogP contribution in [0.25, 0.3) is 17.2 Å². The Labute approximate surface area is 175 Å². The molecule has 0 aromatic heterocycles. The molecule has 3 aromatic carbocycles. The van der Waals surface area contributed by atoms with Gasteiger partial charge in [-0.1, -0.05) is 0 Å². The number of fused-ring (bicyclic) bond motifs is 4. The molecule has 0 saturated heterocycles. The van der Waals surface area contributed by atoms with Crippen molar-refractivity contribution in [2.75, 3.05) is 13.3 Å². The van der Waals surface area contributed by atoms with E-state index in [0.717, 1.165) is 0 Å². The molecule has 0 radical (unpaired) electrons. The van der Waals surface area contributed by atoms with Crippen LogP contribution >= 0.6 is 7.92 Å². The first-order chi connectivity index (χ1) is 12.7. The summed E-state index contributed by atoms with van der Waals surface area (Å²) in [7, 11) is -0.0497. The normalized spacial score (nSPS) is 16.2. The van der Waals surface area contributed by atoms with Gasteiger partial charge in [0.15, 0.2) is 0 Å². The first kappa shape index (κ1) is 21.1. The Balaban J connectivity index is 0.00000112. The Kier molecular flexibility index (Phi) is 6.35. The van der Waals surface area contributed by atoms with Crippen LogP contribution in [0.1, 0.15) is 30.7 Å². The van der Waals surface area contributed by atoms with Crippen molar-refractivity contribution >= 4 is 14.0 Å². The third-order valence-corrected chi connectivity index (χ3v) is 10.4. The Morgan fingerprint density at radius 2 is 1.14 bits per heavy atom. The van der Waals surface area contributed by atoms with Crippen molar-refractivity contribution in [1.29, 1.82) is 0 Å². The van der Waals surface area contributed by atoms with E-state index in [1.54, 1.807) is 22.0 Å². The molecule has 0 bridgehead atoms. The number of benzene rings is 3. The molecule has 0 fully saturated rings. The van der Waals surface area contributed by atoms with Gasteiger partial charge in [0.25, 0.3) is 0 Å². The molecule has 0 spiro atoms. The van der Waals surface area contributed by atoms with E-state index in [1.165, 1.54) is 16.7 Å². The average molecular weight is 426 g/mol. The van der Waals surface area contributed by atoms with Gasteiger partial charge in [0, 0.05) is 0 Å². The zero-order valence-electron chi connectivity index (χ0n) is 15.9. The largest absolute Gasteiger partial charge is 1.00 e. The summed E-state index contributed by atoms with van der Waals surface area (Å²) < 4.78 is 1.30. The minimum absolute atomic E-state index is 0. The molecule has 0 aliphatic heterocycles. The van der Waals surface area contributed by atoms with Crippen molar-refractivity contribution in [3.8, 4) is 11.1 Å². The molecule has 0 heterocycles.